The van der Waals surface area contributed by atoms with Gasteiger partial charge in [0.05, 0.1) is 0 Å². The summed E-state index contributed by atoms with van der Waals surface area (Å²) in [5, 5.41) is 0. The topological polar surface area (TPSA) is 72.2 Å². The number of rotatable bonds is 5. The molecule has 11 heavy (non-hydrogen) atoms. The van der Waals surface area contributed by atoms with E-state index in [1.54, 1.807) is 0 Å². The highest BCUT2D eigenvalue weighted by Crippen LogP contribution is 1.97. The molecule has 0 aromatic carbocycles. The van der Waals surface area contributed by atoms with E-state index in [9.17, 15) is 9.59 Å². The smallest absolute Gasteiger partial charge is 0.233 e. The highest BCUT2D eigenvalue weighted by atomic mass is 16.2. The molecule has 0 aromatic heterocycles. The van der Waals surface area contributed by atoms with Crippen molar-refractivity contribution < 1.29 is 9.59 Å². The summed E-state index contributed by atoms with van der Waals surface area (Å²) in [5.41, 5.74) is 2.01. The van der Waals surface area contributed by atoms with Crippen molar-refractivity contribution >= 4 is 11.7 Å². The number of amides is 1. The Morgan fingerprint density at radius 3 is 2.45 bits per heavy atom. The second kappa shape index (κ2) is 5.85. The van der Waals surface area contributed by atoms with Crippen molar-refractivity contribution in [3.05, 3.63) is 0 Å². The Balaban J connectivity index is 3.27. The zero-order valence-corrected chi connectivity index (χ0v) is 6.72. The lowest BCUT2D eigenvalue weighted by atomic mass is 10.1. The number of hydrogen-bond acceptors (Lipinski definition) is 3. The van der Waals surface area contributed by atoms with Crippen LogP contribution in [0, 0.1) is 0 Å². The monoisotopic (exact) mass is 158 g/mol. The Hall–Kier alpha value is -0.900. The number of Topliss-reactive ketones (excluding diaryl/α,β-unsaturated/α-hetero) is 1. The third kappa shape index (κ3) is 5.54. The zero-order chi connectivity index (χ0) is 8.69. The molecule has 0 radical (unpaired) electrons. The van der Waals surface area contributed by atoms with Crippen LogP contribution >= 0.6 is 0 Å². The molecule has 3 N–H and O–H groups in total. The van der Waals surface area contributed by atoms with Crippen LogP contribution in [0.2, 0.25) is 0 Å². The van der Waals surface area contributed by atoms with Gasteiger partial charge in [-0.2, -0.15) is 0 Å². The van der Waals surface area contributed by atoms with E-state index in [-0.39, 0.29) is 11.7 Å². The van der Waals surface area contributed by atoms with E-state index in [4.69, 9.17) is 5.84 Å². The summed E-state index contributed by atoms with van der Waals surface area (Å²) in [6.07, 6.45) is 1.95. The lowest BCUT2D eigenvalue weighted by Gasteiger charge is -1.97. The average molecular weight is 158 g/mol. The normalized spacial score (nSPS) is 9.27. The number of nitrogens with two attached hydrogens (primary N) is 1. The first-order valence-electron chi connectivity index (χ1n) is 3.71. The van der Waals surface area contributed by atoms with Gasteiger partial charge in [-0.3, -0.25) is 15.0 Å². The second-order valence-corrected chi connectivity index (χ2v) is 2.31. The van der Waals surface area contributed by atoms with Gasteiger partial charge in [-0.05, 0) is 6.42 Å². The lowest BCUT2D eigenvalue weighted by Crippen LogP contribution is -2.29. The van der Waals surface area contributed by atoms with E-state index < -0.39 is 0 Å². The molecule has 0 aliphatic heterocycles. The van der Waals surface area contributed by atoms with Crippen molar-refractivity contribution in [2.24, 2.45) is 5.84 Å². The maximum absolute atomic E-state index is 10.7. The Kier molecular flexibility index (Phi) is 5.37. The predicted molar refractivity (Wildman–Crippen MR) is 41.5 cm³/mol. The van der Waals surface area contributed by atoms with Gasteiger partial charge in [0.1, 0.15) is 5.78 Å². The Labute approximate surface area is 66.1 Å². The minimum atomic E-state index is -0.214. The molecule has 0 saturated heterocycles. The number of hydrazine groups is 1. The molecule has 0 aromatic rings. The van der Waals surface area contributed by atoms with Crippen LogP contribution in [0.3, 0.4) is 0 Å². The van der Waals surface area contributed by atoms with Crippen LogP contribution in [0.15, 0.2) is 0 Å². The van der Waals surface area contributed by atoms with E-state index >= 15 is 0 Å². The van der Waals surface area contributed by atoms with Crippen molar-refractivity contribution in [3.63, 3.8) is 0 Å². The third-order valence-electron chi connectivity index (χ3n) is 1.41. The van der Waals surface area contributed by atoms with Gasteiger partial charge in [0, 0.05) is 19.3 Å². The summed E-state index contributed by atoms with van der Waals surface area (Å²) < 4.78 is 0. The molecule has 1 amide bonds. The van der Waals surface area contributed by atoms with Gasteiger partial charge in [-0.25, -0.2) is 5.84 Å². The maximum atomic E-state index is 10.7. The van der Waals surface area contributed by atoms with Gasteiger partial charge < -0.3 is 0 Å². The van der Waals surface area contributed by atoms with Crippen LogP contribution in [0.25, 0.3) is 0 Å². The van der Waals surface area contributed by atoms with E-state index in [0.717, 1.165) is 0 Å². The molecule has 0 spiro atoms. The molecule has 0 heterocycles. The molecule has 4 nitrogen and oxygen atoms in total. The quantitative estimate of drug-likeness (QED) is 0.339. The molecule has 0 rings (SSSR count). The van der Waals surface area contributed by atoms with Gasteiger partial charge in [0.15, 0.2) is 0 Å². The summed E-state index contributed by atoms with van der Waals surface area (Å²) in [6.45, 7) is 1.81. The molecule has 64 valence electrons. The minimum Gasteiger partial charge on any atom is -0.300 e. The number of ketones is 1. The summed E-state index contributed by atoms with van der Waals surface area (Å²) in [5.74, 6) is 4.81. The Bertz CT molecular complexity index is 129. The van der Waals surface area contributed by atoms with Gasteiger partial charge in [-0.1, -0.05) is 6.92 Å². The first kappa shape index (κ1) is 10.1. The maximum Gasteiger partial charge on any atom is 0.233 e. The van der Waals surface area contributed by atoms with Gasteiger partial charge in [0.25, 0.3) is 0 Å². The SMILES string of the molecule is CCC(=O)CCCC(=O)NN. The molecule has 0 aliphatic carbocycles. The third-order valence-corrected chi connectivity index (χ3v) is 1.41. The standard InChI is InChI=1S/C7H14N2O2/c1-2-6(10)4-3-5-7(11)9-8/h2-5,8H2,1H3,(H,9,11). The average Bonchev–Trinajstić information content (AvgIpc) is 2.04. The van der Waals surface area contributed by atoms with Crippen molar-refractivity contribution in [1.82, 2.24) is 5.43 Å². The summed E-state index contributed by atoms with van der Waals surface area (Å²) in [6, 6.07) is 0. The van der Waals surface area contributed by atoms with Crippen molar-refractivity contribution in [3.8, 4) is 0 Å². The Morgan fingerprint density at radius 2 is 2.00 bits per heavy atom. The van der Waals surface area contributed by atoms with E-state index in [1.807, 2.05) is 12.3 Å². The van der Waals surface area contributed by atoms with E-state index in [1.165, 1.54) is 0 Å². The Morgan fingerprint density at radius 1 is 1.36 bits per heavy atom. The highest BCUT2D eigenvalue weighted by Gasteiger charge is 2.01. The predicted octanol–water partition coefficient (Wildman–Crippen LogP) is 0.126. The first-order valence-corrected chi connectivity index (χ1v) is 3.71. The number of carbonyl (C=O) groups excluding carboxylic acids is 2. The fourth-order valence-electron chi connectivity index (χ4n) is 0.695. The van der Waals surface area contributed by atoms with Crippen molar-refractivity contribution in [1.29, 1.82) is 0 Å². The zero-order valence-electron chi connectivity index (χ0n) is 6.72. The van der Waals surface area contributed by atoms with Crippen molar-refractivity contribution in [2.45, 2.75) is 32.6 Å². The molecular weight excluding hydrogens is 144 g/mol. The van der Waals surface area contributed by atoms with Crippen LogP contribution in [0.5, 0.6) is 0 Å². The molecule has 0 unspecified atom stereocenters. The lowest BCUT2D eigenvalue weighted by molar-refractivity contribution is -0.121. The van der Waals surface area contributed by atoms with Crippen LogP contribution in [-0.2, 0) is 9.59 Å². The van der Waals surface area contributed by atoms with Crippen LogP contribution in [-0.4, -0.2) is 11.7 Å². The molecular formula is C7H14N2O2. The van der Waals surface area contributed by atoms with Crippen LogP contribution in [0.1, 0.15) is 32.6 Å². The number of nitrogens with one attached hydrogen (secondary N) is 1. The van der Waals surface area contributed by atoms with Gasteiger partial charge in [0.2, 0.25) is 5.91 Å². The number of hydrogen-bond donors (Lipinski definition) is 2. The highest BCUT2D eigenvalue weighted by molar-refractivity contribution is 5.79. The van der Waals surface area contributed by atoms with Crippen LogP contribution in [0.4, 0.5) is 0 Å². The molecule has 4 heteroatoms. The van der Waals surface area contributed by atoms with E-state index in [0.29, 0.717) is 25.7 Å². The molecule has 0 bridgehead atoms. The second-order valence-electron chi connectivity index (χ2n) is 2.31. The van der Waals surface area contributed by atoms with E-state index in [2.05, 4.69) is 0 Å². The summed E-state index contributed by atoms with van der Waals surface area (Å²) in [7, 11) is 0. The molecule has 0 saturated carbocycles. The van der Waals surface area contributed by atoms with Gasteiger partial charge in [-0.15, -0.1) is 0 Å². The first-order chi connectivity index (χ1) is 5.20. The van der Waals surface area contributed by atoms with Crippen molar-refractivity contribution in [2.75, 3.05) is 0 Å². The fourth-order valence-corrected chi connectivity index (χ4v) is 0.695. The largest absolute Gasteiger partial charge is 0.300 e. The molecule has 0 aliphatic rings. The molecule has 0 fully saturated rings. The molecule has 0 atom stereocenters. The summed E-state index contributed by atoms with van der Waals surface area (Å²) in [4.78, 5) is 21.3. The van der Waals surface area contributed by atoms with Gasteiger partial charge >= 0.3 is 0 Å². The number of carbonyl (C=O) groups is 2. The minimum absolute atomic E-state index is 0.190. The van der Waals surface area contributed by atoms with Crippen LogP contribution < -0.4 is 11.3 Å². The fraction of sp³-hybridized carbons (Fsp3) is 0.714. The summed E-state index contributed by atoms with van der Waals surface area (Å²) >= 11 is 0.